The van der Waals surface area contributed by atoms with Gasteiger partial charge in [0.25, 0.3) is 17.1 Å². The number of nitrogens with one attached hydrogen (secondary N) is 2. The summed E-state index contributed by atoms with van der Waals surface area (Å²) in [5.74, 6) is -7.39. The predicted octanol–water partition coefficient (Wildman–Crippen LogP) is 20.0. The van der Waals surface area contributed by atoms with E-state index in [0.717, 1.165) is 104 Å². The predicted molar refractivity (Wildman–Crippen MR) is 356 cm³/mol. The Morgan fingerprint density at radius 2 is 0.696 bits per heavy atom. The number of carbonyl (C=O) groups excluding carboxylic acids is 5. The highest BCUT2D eigenvalue weighted by Gasteiger charge is 2.20. The summed E-state index contributed by atoms with van der Waals surface area (Å²) in [5, 5.41) is 3.83. The third-order valence-corrected chi connectivity index (χ3v) is 13.8. The number of allylic oxidation sites excluding steroid dienone is 1. The number of rotatable bonds is 13. The maximum Gasteiger partial charge on any atom is 0.261 e. The molecule has 0 radical (unpaired) electrons. The van der Waals surface area contributed by atoms with Crippen molar-refractivity contribution in [3.05, 3.63) is 380 Å². The molecule has 11 rings (SSSR count). The first-order valence-corrected chi connectivity index (χ1v) is 29.2. The number of carbonyl (C=O) groups is 5. The quantitative estimate of drug-likeness (QED) is 0.0391. The van der Waals surface area contributed by atoms with Crippen LogP contribution in [0.15, 0.2) is 294 Å². The van der Waals surface area contributed by atoms with Crippen LogP contribution in [0.2, 0.25) is 0 Å². The van der Waals surface area contributed by atoms with Gasteiger partial charge in [-0.3, -0.25) is 24.0 Å². The minimum absolute atomic E-state index is 0.154. The van der Waals surface area contributed by atoms with E-state index in [9.17, 15) is 50.3 Å². The van der Waals surface area contributed by atoms with Crippen LogP contribution in [-0.4, -0.2) is 34.8 Å². The van der Waals surface area contributed by atoms with Crippen LogP contribution < -0.4 is 10.6 Å². The van der Waals surface area contributed by atoms with Gasteiger partial charge in [0.1, 0.15) is 57.9 Å². The summed E-state index contributed by atoms with van der Waals surface area (Å²) >= 11 is 8.35. The lowest BCUT2D eigenvalue weighted by Crippen LogP contribution is -2.15. The Hall–Kier alpha value is -10.9. The molecule has 0 aromatic heterocycles. The van der Waals surface area contributed by atoms with Crippen molar-refractivity contribution in [3.63, 3.8) is 0 Å². The minimum atomic E-state index is -1.12. The normalized spacial score (nSPS) is 10.1. The van der Waals surface area contributed by atoms with E-state index < -0.39 is 68.7 Å². The third kappa shape index (κ3) is 20.1. The number of anilines is 2. The lowest BCUT2D eigenvalue weighted by molar-refractivity contribution is 0.101. The van der Waals surface area contributed by atoms with E-state index in [-0.39, 0.29) is 5.78 Å². The molecule has 2 amide bonds. The van der Waals surface area contributed by atoms with Gasteiger partial charge in [-0.15, -0.1) is 0 Å². The van der Waals surface area contributed by atoms with E-state index >= 15 is 0 Å². The van der Waals surface area contributed by atoms with E-state index in [0.29, 0.717) is 22.5 Å². The molecule has 460 valence electrons. The molecule has 0 saturated carbocycles. The number of nitrogens with zero attached hydrogens (tertiary/aromatic N) is 1. The second-order valence-corrected chi connectivity index (χ2v) is 21.0. The molecule has 0 heterocycles. The van der Waals surface area contributed by atoms with E-state index in [2.05, 4.69) is 50.8 Å². The highest BCUT2D eigenvalue weighted by molar-refractivity contribution is 9.10. The Bertz CT molecular complexity index is 4230. The van der Waals surface area contributed by atoms with Crippen LogP contribution in [0.4, 0.5) is 43.4 Å². The van der Waals surface area contributed by atoms with Crippen LogP contribution in [0.1, 0.15) is 93.5 Å². The van der Waals surface area contributed by atoms with Gasteiger partial charge in [0.2, 0.25) is 0 Å². The number of hydrogen-bond donors (Lipinski definition) is 2. The molecule has 0 spiro atoms. The maximum absolute atomic E-state index is 13.7. The fourth-order valence-electron chi connectivity index (χ4n) is 8.70. The molecular formula is C76H55BrClF6N3O5. The topological polar surface area (TPSA) is 122 Å². The molecule has 0 aliphatic carbocycles. The molecule has 92 heavy (non-hydrogen) atoms. The van der Waals surface area contributed by atoms with Gasteiger partial charge in [-0.25, -0.2) is 31.3 Å². The van der Waals surface area contributed by atoms with Crippen LogP contribution in [0.25, 0.3) is 5.57 Å². The van der Waals surface area contributed by atoms with Gasteiger partial charge in [-0.1, -0.05) is 203 Å². The summed E-state index contributed by atoms with van der Waals surface area (Å²) in [7, 11) is 0. The van der Waals surface area contributed by atoms with E-state index in [1.807, 2.05) is 141 Å². The smallest absolute Gasteiger partial charge is 0.261 e. The fraction of sp³-hybridized carbons (Fsp3) is 0.0263. The van der Waals surface area contributed by atoms with Gasteiger partial charge in [0, 0.05) is 43.7 Å². The molecule has 0 aliphatic rings. The monoisotopic (exact) mass is 1320 g/mol. The number of aldehydes is 1. The number of benzene rings is 11. The maximum atomic E-state index is 13.7. The van der Waals surface area contributed by atoms with E-state index in [1.165, 1.54) is 24.3 Å². The van der Waals surface area contributed by atoms with Gasteiger partial charge in [-0.2, -0.15) is 0 Å². The number of aliphatic imine (C=N–C) groups is 1. The van der Waals surface area contributed by atoms with Gasteiger partial charge in [-0.05, 0) is 139 Å². The van der Waals surface area contributed by atoms with Crippen molar-refractivity contribution in [1.29, 1.82) is 0 Å². The zero-order valence-corrected chi connectivity index (χ0v) is 51.5. The molecule has 11 aromatic rings. The Morgan fingerprint density at radius 1 is 0.380 bits per heavy atom. The molecule has 0 aliphatic heterocycles. The molecular weight excluding hydrogens is 1260 g/mol. The average molecular weight is 1320 g/mol. The zero-order valence-electron chi connectivity index (χ0n) is 49.1. The van der Waals surface area contributed by atoms with Gasteiger partial charge < -0.3 is 10.6 Å². The largest absolute Gasteiger partial charge is 0.322 e. The third-order valence-electron chi connectivity index (χ3n) is 13.1. The molecule has 8 nitrogen and oxygen atoms in total. The molecule has 0 atom stereocenters. The van der Waals surface area contributed by atoms with E-state index in [1.54, 1.807) is 60.7 Å². The summed E-state index contributed by atoms with van der Waals surface area (Å²) in [6.07, 6.45) is 0.833. The van der Waals surface area contributed by atoms with Gasteiger partial charge in [0.15, 0.2) is 5.78 Å². The first kappa shape index (κ1) is 68.6. The second-order valence-electron chi connectivity index (χ2n) is 19.8. The SMILES string of the molecule is Brc1ccc(N=C(c2ccccc2)c2ccccc2)cc1.CC(C)=C(c1ccccc1)c1ccc(NC(=O)c2c(F)cccc2F)cc1.O=C(Cl)c1c(F)cccc1F.O=C(c1ccccc1)c1ccc(NC(=O)c2c(F)cccc2F)cc1.O=Cc1ccccc1. The van der Waals surface area contributed by atoms with Crippen molar-refractivity contribution in [3.8, 4) is 0 Å². The second kappa shape index (κ2) is 34.8. The highest BCUT2D eigenvalue weighted by Crippen LogP contribution is 2.29. The molecule has 16 heteroatoms. The molecule has 11 aromatic carbocycles. The fourth-order valence-corrected chi connectivity index (χ4v) is 9.14. The van der Waals surface area contributed by atoms with Gasteiger partial charge in [0.05, 0.1) is 11.4 Å². The standard InChI is InChI=1S/C23H19F2NO.C20H13F2NO2.C19H14BrN.C7H3ClF2O.C7H6O/c1-15(2)21(16-7-4-3-5-8-16)17-11-13-18(14-12-17)26-23(27)22-19(24)9-6-10-20(22)25;21-16-7-4-8-17(22)18(16)20(25)23-15-11-9-14(10-12-15)19(24)13-5-2-1-3-6-13;20-17-11-13-18(14-12-17)21-19(15-7-3-1-4-8-15)16-9-5-2-6-10-16;8-7(11)6-4(9)2-1-3-5(6)10;8-6-7-4-2-1-3-5-7/h3-14H,1-2H3,(H,26,27);1-12H,(H,23,25);1-14H;1-3H;1-6H. The number of hydrogen-bond acceptors (Lipinski definition) is 6. The molecule has 0 bridgehead atoms. The zero-order chi connectivity index (χ0) is 65.9. The van der Waals surface area contributed by atoms with Crippen LogP contribution in [-0.2, 0) is 0 Å². The van der Waals surface area contributed by atoms with Crippen molar-refractivity contribution >= 4 is 85.0 Å². The first-order chi connectivity index (χ1) is 44.4. The van der Waals surface area contributed by atoms with Crippen molar-refractivity contribution < 1.29 is 50.3 Å². The highest BCUT2D eigenvalue weighted by atomic mass is 79.9. The summed E-state index contributed by atoms with van der Waals surface area (Å²) in [6, 6.07) is 79.4. The van der Waals surface area contributed by atoms with E-state index in [4.69, 9.17) is 16.6 Å². The number of amides is 2. The first-order valence-electron chi connectivity index (χ1n) is 28.0. The molecule has 2 N–H and O–H groups in total. The lowest BCUT2D eigenvalue weighted by atomic mass is 9.94. The van der Waals surface area contributed by atoms with Crippen LogP contribution in [0.5, 0.6) is 0 Å². The van der Waals surface area contributed by atoms with Crippen molar-refractivity contribution in [2.75, 3.05) is 10.6 Å². The minimum Gasteiger partial charge on any atom is -0.322 e. The Balaban J connectivity index is 0.000000172. The van der Waals surface area contributed by atoms with Crippen LogP contribution in [0.3, 0.4) is 0 Å². The Morgan fingerprint density at radius 3 is 1.03 bits per heavy atom. The van der Waals surface area contributed by atoms with Gasteiger partial charge >= 0.3 is 0 Å². The lowest BCUT2D eigenvalue weighted by Gasteiger charge is -2.12. The summed E-state index contributed by atoms with van der Waals surface area (Å²) in [6.45, 7) is 4.08. The Kier molecular flexibility index (Phi) is 25.9. The average Bonchev–Trinajstić information content (AvgIpc) is 3.55. The van der Waals surface area contributed by atoms with Crippen molar-refractivity contribution in [2.24, 2.45) is 4.99 Å². The Labute approximate surface area is 541 Å². The molecule has 0 unspecified atom stereocenters. The number of ketones is 1. The van der Waals surface area contributed by atoms with Crippen LogP contribution in [0, 0.1) is 34.9 Å². The molecule has 0 fully saturated rings. The van der Waals surface area contributed by atoms with Crippen molar-refractivity contribution in [2.45, 2.75) is 13.8 Å². The number of halogens is 8. The molecule has 0 saturated heterocycles. The van der Waals surface area contributed by atoms with Crippen molar-refractivity contribution in [1.82, 2.24) is 0 Å². The summed E-state index contributed by atoms with van der Waals surface area (Å²) in [4.78, 5) is 61.8. The van der Waals surface area contributed by atoms with Crippen LogP contribution >= 0.6 is 27.5 Å². The summed E-state index contributed by atoms with van der Waals surface area (Å²) < 4.78 is 80.9. The summed E-state index contributed by atoms with van der Waals surface area (Å²) in [5.41, 5.74) is 9.11.